The Hall–Kier alpha value is -3.65. The third-order valence-electron chi connectivity index (χ3n) is 4.88. The van der Waals surface area contributed by atoms with E-state index in [2.05, 4.69) is 10.6 Å². The highest BCUT2D eigenvalue weighted by Crippen LogP contribution is 2.30. The molecule has 1 aromatic heterocycles. The molecule has 0 aliphatic rings. The van der Waals surface area contributed by atoms with Gasteiger partial charge in [-0.3, -0.25) is 19.3 Å². The van der Waals surface area contributed by atoms with Crippen LogP contribution >= 0.6 is 11.3 Å². The van der Waals surface area contributed by atoms with Crippen LogP contribution in [0.15, 0.2) is 72.1 Å². The lowest BCUT2D eigenvalue weighted by molar-refractivity contribution is -0.127. The molecular weight excluding hydrogens is 450 g/mol. The van der Waals surface area contributed by atoms with E-state index in [-0.39, 0.29) is 18.4 Å². The molecule has 3 rings (SSSR count). The average Bonchev–Trinajstić information content (AvgIpc) is 3.35. The largest absolute Gasteiger partial charge is 0.497 e. The number of nitrogens with zero attached hydrogens (tertiary/aromatic N) is 1. The molecule has 0 saturated heterocycles. The van der Waals surface area contributed by atoms with Gasteiger partial charge in [-0.25, -0.2) is 0 Å². The lowest BCUT2D eigenvalue weighted by Crippen LogP contribution is -2.51. The first-order valence-corrected chi connectivity index (χ1v) is 11.7. The summed E-state index contributed by atoms with van der Waals surface area (Å²) in [5.41, 5.74) is 0.652. The lowest BCUT2D eigenvalue weighted by Gasteiger charge is -2.34. The Balaban J connectivity index is 2.00. The van der Waals surface area contributed by atoms with E-state index in [1.54, 1.807) is 61.0 Å². The average molecular weight is 480 g/mol. The molecule has 3 amide bonds. The van der Waals surface area contributed by atoms with Crippen LogP contribution in [0.25, 0.3) is 0 Å². The monoisotopic (exact) mass is 479 g/mol. The number of anilines is 1. The summed E-state index contributed by atoms with van der Waals surface area (Å²) in [6.45, 7) is 5.38. The zero-order chi connectivity index (χ0) is 24.7. The van der Waals surface area contributed by atoms with Crippen LogP contribution in [0.2, 0.25) is 0 Å². The lowest BCUT2D eigenvalue weighted by atomic mass is 10.0. The number of nitrogens with one attached hydrogen (secondary N) is 2. The van der Waals surface area contributed by atoms with Crippen molar-refractivity contribution in [2.24, 2.45) is 0 Å². The summed E-state index contributed by atoms with van der Waals surface area (Å²) in [6.07, 6.45) is 0. The molecule has 0 aliphatic heterocycles. The number of rotatable bonds is 8. The summed E-state index contributed by atoms with van der Waals surface area (Å²) in [5, 5.41) is 7.46. The summed E-state index contributed by atoms with van der Waals surface area (Å²) in [7, 11) is 1.56. The van der Waals surface area contributed by atoms with Gasteiger partial charge in [-0.1, -0.05) is 36.4 Å². The predicted octanol–water partition coefficient (Wildman–Crippen LogP) is 4.18. The molecule has 34 heavy (non-hydrogen) atoms. The van der Waals surface area contributed by atoms with E-state index in [0.29, 0.717) is 21.9 Å². The van der Waals surface area contributed by atoms with Crippen LogP contribution in [0.4, 0.5) is 5.69 Å². The minimum Gasteiger partial charge on any atom is -0.497 e. The quantitative estimate of drug-likeness (QED) is 0.508. The fraction of sp³-hybridized carbons (Fsp3) is 0.269. The van der Waals surface area contributed by atoms with Gasteiger partial charge in [0.25, 0.3) is 5.91 Å². The molecule has 8 heteroatoms. The number of thiophene rings is 1. The molecule has 2 aromatic carbocycles. The Morgan fingerprint density at radius 2 is 1.65 bits per heavy atom. The maximum absolute atomic E-state index is 13.6. The number of ether oxygens (including phenoxy) is 1. The van der Waals surface area contributed by atoms with E-state index in [1.807, 2.05) is 39.0 Å². The van der Waals surface area contributed by atoms with Crippen molar-refractivity contribution in [3.05, 3.63) is 82.6 Å². The van der Waals surface area contributed by atoms with Crippen LogP contribution in [0, 0.1) is 0 Å². The van der Waals surface area contributed by atoms with Crippen LogP contribution in [-0.2, 0) is 9.59 Å². The molecule has 2 N–H and O–H groups in total. The van der Waals surface area contributed by atoms with Crippen LogP contribution in [0.5, 0.6) is 5.75 Å². The normalized spacial score (nSPS) is 11.9. The van der Waals surface area contributed by atoms with E-state index in [0.717, 1.165) is 0 Å². The molecule has 0 bridgehead atoms. The Morgan fingerprint density at radius 3 is 2.21 bits per heavy atom. The van der Waals surface area contributed by atoms with Crippen molar-refractivity contribution in [2.45, 2.75) is 32.4 Å². The molecule has 178 valence electrons. The van der Waals surface area contributed by atoms with Crippen LogP contribution < -0.4 is 20.3 Å². The molecule has 1 heterocycles. The van der Waals surface area contributed by atoms with Gasteiger partial charge in [0.1, 0.15) is 11.8 Å². The van der Waals surface area contributed by atoms with Gasteiger partial charge < -0.3 is 15.4 Å². The van der Waals surface area contributed by atoms with Crippen molar-refractivity contribution < 1.29 is 19.1 Å². The Morgan fingerprint density at radius 1 is 0.971 bits per heavy atom. The number of benzene rings is 2. The van der Waals surface area contributed by atoms with Gasteiger partial charge in [-0.2, -0.15) is 0 Å². The number of methoxy groups -OCH3 is 1. The van der Waals surface area contributed by atoms with Crippen molar-refractivity contribution in [1.82, 2.24) is 10.6 Å². The second kappa shape index (κ2) is 11.0. The molecule has 0 radical (unpaired) electrons. The van der Waals surface area contributed by atoms with Gasteiger partial charge in [0.05, 0.1) is 18.5 Å². The minimum atomic E-state index is -0.944. The number of hydrogen-bond donors (Lipinski definition) is 2. The van der Waals surface area contributed by atoms with Gasteiger partial charge in [0.2, 0.25) is 11.8 Å². The van der Waals surface area contributed by atoms with E-state index in [1.165, 1.54) is 16.2 Å². The first-order valence-electron chi connectivity index (χ1n) is 10.8. The van der Waals surface area contributed by atoms with Crippen LogP contribution in [0.1, 0.15) is 42.0 Å². The maximum atomic E-state index is 13.6. The van der Waals surface area contributed by atoms with Crippen molar-refractivity contribution in [2.75, 3.05) is 18.6 Å². The summed E-state index contributed by atoms with van der Waals surface area (Å²) in [5.74, 6) is -0.466. The SMILES string of the molecule is COc1ccc(N(C(=O)CNC(=O)c2cccs2)C(C(=O)NC(C)(C)C)c2ccccc2)cc1. The fourth-order valence-electron chi connectivity index (χ4n) is 3.41. The molecule has 1 unspecified atom stereocenters. The Labute approximate surface area is 203 Å². The van der Waals surface area contributed by atoms with Gasteiger partial charge in [0.15, 0.2) is 0 Å². The molecule has 1 atom stereocenters. The molecule has 0 saturated carbocycles. The molecular formula is C26H29N3O4S. The second-order valence-electron chi connectivity index (χ2n) is 8.67. The standard InChI is InChI=1S/C26H29N3O4S/c1-26(2,3)28-25(32)23(18-9-6-5-7-10-18)29(19-12-14-20(33-4)15-13-19)22(30)17-27-24(31)21-11-8-16-34-21/h5-16,23H,17H2,1-4H3,(H,27,31)(H,28,32). The molecule has 0 aliphatic carbocycles. The maximum Gasteiger partial charge on any atom is 0.261 e. The topological polar surface area (TPSA) is 87.7 Å². The van der Waals surface area contributed by atoms with E-state index >= 15 is 0 Å². The molecule has 0 spiro atoms. The molecule has 0 fully saturated rings. The highest BCUT2D eigenvalue weighted by molar-refractivity contribution is 7.12. The van der Waals surface area contributed by atoms with E-state index in [9.17, 15) is 14.4 Å². The van der Waals surface area contributed by atoms with Gasteiger partial charge in [-0.05, 0) is 62.0 Å². The molecule has 7 nitrogen and oxygen atoms in total. The fourth-order valence-corrected chi connectivity index (χ4v) is 4.05. The number of amides is 3. The smallest absolute Gasteiger partial charge is 0.261 e. The van der Waals surface area contributed by atoms with Crippen molar-refractivity contribution in [3.8, 4) is 5.75 Å². The third-order valence-corrected chi connectivity index (χ3v) is 5.75. The first-order chi connectivity index (χ1) is 16.2. The van der Waals surface area contributed by atoms with Gasteiger partial charge in [-0.15, -0.1) is 11.3 Å². The second-order valence-corrected chi connectivity index (χ2v) is 9.62. The highest BCUT2D eigenvalue weighted by atomic mass is 32.1. The zero-order valence-electron chi connectivity index (χ0n) is 19.7. The van der Waals surface area contributed by atoms with E-state index < -0.39 is 17.5 Å². The van der Waals surface area contributed by atoms with E-state index in [4.69, 9.17) is 4.74 Å². The summed E-state index contributed by atoms with van der Waals surface area (Å²) < 4.78 is 5.25. The number of carbonyl (C=O) groups excluding carboxylic acids is 3. The third kappa shape index (κ3) is 6.45. The van der Waals surface area contributed by atoms with Crippen LogP contribution in [-0.4, -0.2) is 36.9 Å². The Kier molecular flexibility index (Phi) is 8.07. The molecule has 3 aromatic rings. The highest BCUT2D eigenvalue weighted by Gasteiger charge is 2.34. The first kappa shape index (κ1) is 25.0. The number of hydrogen-bond acceptors (Lipinski definition) is 5. The summed E-state index contributed by atoms with van der Waals surface area (Å²) >= 11 is 1.29. The van der Waals surface area contributed by atoms with Gasteiger partial charge >= 0.3 is 0 Å². The summed E-state index contributed by atoms with van der Waals surface area (Å²) in [6, 6.07) is 18.5. The Bertz CT molecular complexity index is 1110. The van der Waals surface area contributed by atoms with Crippen LogP contribution in [0.3, 0.4) is 0 Å². The minimum absolute atomic E-state index is 0.269. The van der Waals surface area contributed by atoms with Crippen molar-refractivity contribution in [3.63, 3.8) is 0 Å². The number of carbonyl (C=O) groups is 3. The van der Waals surface area contributed by atoms with Crippen molar-refractivity contribution >= 4 is 34.7 Å². The summed E-state index contributed by atoms with van der Waals surface area (Å²) in [4.78, 5) is 41.4. The van der Waals surface area contributed by atoms with Gasteiger partial charge in [0, 0.05) is 11.2 Å². The van der Waals surface area contributed by atoms with Crippen molar-refractivity contribution in [1.29, 1.82) is 0 Å². The predicted molar refractivity (Wildman–Crippen MR) is 134 cm³/mol. The zero-order valence-corrected chi connectivity index (χ0v) is 20.5.